The first kappa shape index (κ1) is 22.3. The Morgan fingerprint density at radius 1 is 0.966 bits per heavy atom. The van der Waals surface area contributed by atoms with Gasteiger partial charge in [0.25, 0.3) is 5.91 Å². The van der Waals surface area contributed by atoms with E-state index in [1.54, 1.807) is 18.2 Å². The molecule has 0 saturated carbocycles. The van der Waals surface area contributed by atoms with Gasteiger partial charge in [0.05, 0.1) is 20.3 Å². The number of carbonyl (C=O) groups is 2. The Morgan fingerprint density at radius 2 is 1.66 bits per heavy atom. The van der Waals surface area contributed by atoms with E-state index in [2.05, 4.69) is 31.3 Å². The summed E-state index contributed by atoms with van der Waals surface area (Å²) in [5.41, 5.74) is 2.49. The fourth-order valence-corrected chi connectivity index (χ4v) is 2.96. The SMILES string of the molecule is COc1ccc(C(=O)OCC(=O)N[C@@H](C)c2ccc(CC(C)C)cc2)c(OC)c1. The van der Waals surface area contributed by atoms with Gasteiger partial charge in [-0.1, -0.05) is 38.1 Å². The molecule has 156 valence electrons. The van der Waals surface area contributed by atoms with Gasteiger partial charge in [0.1, 0.15) is 17.1 Å². The van der Waals surface area contributed by atoms with Crippen molar-refractivity contribution in [2.45, 2.75) is 33.2 Å². The molecular weight excluding hydrogens is 370 g/mol. The third-order valence-electron chi connectivity index (χ3n) is 4.46. The Hall–Kier alpha value is -3.02. The van der Waals surface area contributed by atoms with Crippen molar-refractivity contribution in [3.05, 3.63) is 59.2 Å². The van der Waals surface area contributed by atoms with Crippen molar-refractivity contribution in [3.63, 3.8) is 0 Å². The molecular formula is C23H29NO5. The Kier molecular flexibility index (Phi) is 8.07. The van der Waals surface area contributed by atoms with Crippen LogP contribution in [0.4, 0.5) is 0 Å². The quantitative estimate of drug-likeness (QED) is 0.647. The monoisotopic (exact) mass is 399 g/mol. The molecule has 6 nitrogen and oxygen atoms in total. The van der Waals surface area contributed by atoms with Gasteiger partial charge in [-0.25, -0.2) is 4.79 Å². The van der Waals surface area contributed by atoms with Crippen LogP contribution in [-0.2, 0) is 16.0 Å². The summed E-state index contributed by atoms with van der Waals surface area (Å²) < 4.78 is 15.4. The van der Waals surface area contributed by atoms with Gasteiger partial charge in [0.15, 0.2) is 6.61 Å². The van der Waals surface area contributed by atoms with E-state index in [1.165, 1.54) is 19.8 Å². The number of rotatable bonds is 9. The second-order valence-electron chi connectivity index (χ2n) is 7.27. The van der Waals surface area contributed by atoms with Gasteiger partial charge < -0.3 is 19.5 Å². The van der Waals surface area contributed by atoms with Crippen LogP contribution in [0.1, 0.15) is 48.3 Å². The lowest BCUT2D eigenvalue weighted by atomic mass is 10.00. The van der Waals surface area contributed by atoms with E-state index in [0.29, 0.717) is 17.4 Å². The van der Waals surface area contributed by atoms with Gasteiger partial charge in [0.2, 0.25) is 0 Å². The molecule has 6 heteroatoms. The molecule has 0 aliphatic carbocycles. The number of nitrogens with one attached hydrogen (secondary N) is 1. The smallest absolute Gasteiger partial charge is 0.342 e. The lowest BCUT2D eigenvalue weighted by Crippen LogP contribution is -2.31. The lowest BCUT2D eigenvalue weighted by molar-refractivity contribution is -0.124. The molecule has 1 amide bonds. The minimum Gasteiger partial charge on any atom is -0.497 e. The molecule has 2 aromatic carbocycles. The predicted octanol–water partition coefficient (Wildman–Crippen LogP) is 3.94. The highest BCUT2D eigenvalue weighted by molar-refractivity contribution is 5.94. The average molecular weight is 399 g/mol. The summed E-state index contributed by atoms with van der Waals surface area (Å²) in [6, 6.07) is 12.7. The van der Waals surface area contributed by atoms with Crippen LogP contribution in [0.5, 0.6) is 11.5 Å². The van der Waals surface area contributed by atoms with Crippen LogP contribution >= 0.6 is 0 Å². The number of carbonyl (C=O) groups excluding carboxylic acids is 2. The molecule has 0 radical (unpaired) electrons. The molecule has 0 aromatic heterocycles. The maximum atomic E-state index is 12.3. The van der Waals surface area contributed by atoms with Crippen molar-refractivity contribution in [1.29, 1.82) is 0 Å². The summed E-state index contributed by atoms with van der Waals surface area (Å²) >= 11 is 0. The third-order valence-corrected chi connectivity index (χ3v) is 4.46. The van der Waals surface area contributed by atoms with E-state index in [4.69, 9.17) is 14.2 Å². The van der Waals surface area contributed by atoms with Gasteiger partial charge in [-0.3, -0.25) is 4.79 Å². The zero-order chi connectivity index (χ0) is 21.4. The number of amides is 1. The third kappa shape index (κ3) is 6.52. The summed E-state index contributed by atoms with van der Waals surface area (Å²) in [5.74, 6) is 0.473. The molecule has 29 heavy (non-hydrogen) atoms. The van der Waals surface area contributed by atoms with E-state index < -0.39 is 5.97 Å². The summed E-state index contributed by atoms with van der Waals surface area (Å²) in [6.07, 6.45) is 1.02. The standard InChI is InChI=1S/C23H29NO5/c1-15(2)12-17-6-8-18(9-7-17)16(3)24-22(25)14-29-23(26)20-11-10-19(27-4)13-21(20)28-5/h6-11,13,15-16H,12,14H2,1-5H3,(H,24,25)/t16-/m0/s1. The topological polar surface area (TPSA) is 73.9 Å². The highest BCUT2D eigenvalue weighted by Crippen LogP contribution is 2.25. The molecule has 2 rings (SSSR count). The van der Waals surface area contributed by atoms with Gasteiger partial charge >= 0.3 is 5.97 Å². The Morgan fingerprint density at radius 3 is 2.24 bits per heavy atom. The lowest BCUT2D eigenvalue weighted by Gasteiger charge is -2.15. The summed E-state index contributed by atoms with van der Waals surface area (Å²) in [4.78, 5) is 24.5. The Labute approximate surface area is 172 Å². The summed E-state index contributed by atoms with van der Waals surface area (Å²) in [5, 5.41) is 2.84. The van der Waals surface area contributed by atoms with Crippen molar-refractivity contribution in [3.8, 4) is 11.5 Å². The highest BCUT2D eigenvalue weighted by atomic mass is 16.5. The van der Waals surface area contributed by atoms with Crippen molar-refractivity contribution >= 4 is 11.9 Å². The molecule has 2 aromatic rings. The van der Waals surface area contributed by atoms with Crippen molar-refractivity contribution < 1.29 is 23.8 Å². The number of esters is 1. The molecule has 0 saturated heterocycles. The Balaban J connectivity index is 1.90. The molecule has 0 bridgehead atoms. The fourth-order valence-electron chi connectivity index (χ4n) is 2.96. The number of methoxy groups -OCH3 is 2. The van der Waals surface area contributed by atoms with E-state index in [-0.39, 0.29) is 24.1 Å². The van der Waals surface area contributed by atoms with E-state index in [9.17, 15) is 9.59 Å². The first-order valence-electron chi connectivity index (χ1n) is 9.61. The molecule has 0 fully saturated rings. The molecule has 1 N–H and O–H groups in total. The van der Waals surface area contributed by atoms with Crippen LogP contribution in [-0.4, -0.2) is 32.7 Å². The molecule has 0 aliphatic rings. The van der Waals surface area contributed by atoms with Crippen LogP contribution < -0.4 is 14.8 Å². The van der Waals surface area contributed by atoms with Gasteiger partial charge in [-0.05, 0) is 42.5 Å². The van der Waals surface area contributed by atoms with Crippen LogP contribution in [0.3, 0.4) is 0 Å². The average Bonchev–Trinajstić information content (AvgIpc) is 2.71. The summed E-state index contributed by atoms with van der Waals surface area (Å²) in [6.45, 7) is 5.88. The first-order valence-corrected chi connectivity index (χ1v) is 9.61. The minimum atomic E-state index is -0.634. The first-order chi connectivity index (χ1) is 13.8. The second kappa shape index (κ2) is 10.5. The molecule has 0 spiro atoms. The number of ether oxygens (including phenoxy) is 3. The zero-order valence-electron chi connectivity index (χ0n) is 17.7. The molecule has 0 unspecified atom stereocenters. The van der Waals surface area contributed by atoms with Gasteiger partial charge in [-0.15, -0.1) is 0 Å². The second-order valence-corrected chi connectivity index (χ2v) is 7.27. The molecule has 1 atom stereocenters. The van der Waals surface area contributed by atoms with Crippen LogP contribution in [0.15, 0.2) is 42.5 Å². The normalized spacial score (nSPS) is 11.7. The fraction of sp³-hybridized carbons (Fsp3) is 0.391. The van der Waals surface area contributed by atoms with Crippen molar-refractivity contribution in [1.82, 2.24) is 5.32 Å². The van der Waals surface area contributed by atoms with Gasteiger partial charge in [0, 0.05) is 6.07 Å². The van der Waals surface area contributed by atoms with E-state index >= 15 is 0 Å². The summed E-state index contributed by atoms with van der Waals surface area (Å²) in [7, 11) is 2.97. The van der Waals surface area contributed by atoms with Crippen LogP contribution in [0.25, 0.3) is 0 Å². The highest BCUT2D eigenvalue weighted by Gasteiger charge is 2.17. The minimum absolute atomic E-state index is 0.190. The zero-order valence-corrected chi connectivity index (χ0v) is 17.7. The Bertz CT molecular complexity index is 830. The molecule has 0 aliphatic heterocycles. The van der Waals surface area contributed by atoms with Gasteiger partial charge in [-0.2, -0.15) is 0 Å². The number of hydrogen-bond acceptors (Lipinski definition) is 5. The number of hydrogen-bond donors (Lipinski definition) is 1. The maximum Gasteiger partial charge on any atom is 0.342 e. The predicted molar refractivity (Wildman–Crippen MR) is 111 cm³/mol. The van der Waals surface area contributed by atoms with Crippen molar-refractivity contribution in [2.24, 2.45) is 5.92 Å². The van der Waals surface area contributed by atoms with E-state index in [0.717, 1.165) is 12.0 Å². The largest absolute Gasteiger partial charge is 0.497 e. The van der Waals surface area contributed by atoms with Crippen LogP contribution in [0, 0.1) is 5.92 Å². The van der Waals surface area contributed by atoms with E-state index in [1.807, 2.05) is 19.1 Å². The maximum absolute atomic E-state index is 12.3. The number of benzene rings is 2. The van der Waals surface area contributed by atoms with Crippen LogP contribution in [0.2, 0.25) is 0 Å². The van der Waals surface area contributed by atoms with Crippen molar-refractivity contribution in [2.75, 3.05) is 20.8 Å². The molecule has 0 heterocycles.